The molecule has 3 amide bonds. The highest BCUT2D eigenvalue weighted by Crippen LogP contribution is 2.17. The zero-order valence-electron chi connectivity index (χ0n) is 15.2. The third kappa shape index (κ3) is 5.77. The molecule has 1 aromatic carbocycles. The molecule has 26 heavy (non-hydrogen) atoms. The molecule has 0 aromatic heterocycles. The number of carbonyl (C=O) groups excluding carboxylic acids is 4. The van der Waals surface area contributed by atoms with Crippen LogP contribution in [0.1, 0.15) is 47.2 Å². The van der Waals surface area contributed by atoms with Gasteiger partial charge in [-0.1, -0.05) is 12.1 Å². The Kier molecular flexibility index (Phi) is 9.22. The molecule has 1 unspecified atom stereocenters. The number of carbonyl (C=O) groups is 4. The molecule has 0 fully saturated rings. The summed E-state index contributed by atoms with van der Waals surface area (Å²) < 4.78 is 0. The average molecular weight is 362 g/mol. The Morgan fingerprint density at radius 1 is 1.27 bits per heavy atom. The first-order valence-corrected chi connectivity index (χ1v) is 8.63. The first-order chi connectivity index (χ1) is 12.5. The SMILES string of the molecule is CNC(=O)C(CCC=O)N(C=O)C(=O)c1ccc(CCCCO)cc1C. The Morgan fingerprint density at radius 3 is 2.54 bits per heavy atom. The van der Waals surface area contributed by atoms with Crippen LogP contribution in [0.5, 0.6) is 0 Å². The maximum absolute atomic E-state index is 12.8. The Balaban J connectivity index is 3.03. The molecule has 0 aliphatic carbocycles. The van der Waals surface area contributed by atoms with Crippen molar-refractivity contribution in [3.8, 4) is 0 Å². The summed E-state index contributed by atoms with van der Waals surface area (Å²) in [7, 11) is 1.41. The molecule has 0 saturated heterocycles. The van der Waals surface area contributed by atoms with Crippen molar-refractivity contribution < 1.29 is 24.3 Å². The van der Waals surface area contributed by atoms with E-state index in [1.54, 1.807) is 19.1 Å². The quantitative estimate of drug-likeness (QED) is 0.451. The van der Waals surface area contributed by atoms with Gasteiger partial charge in [-0.25, -0.2) is 0 Å². The minimum absolute atomic E-state index is 0.0679. The second-order valence-corrected chi connectivity index (χ2v) is 6.02. The zero-order valence-corrected chi connectivity index (χ0v) is 15.2. The molecular formula is C19H26N2O5. The monoisotopic (exact) mass is 362 g/mol. The van der Waals surface area contributed by atoms with Crippen LogP contribution in [-0.2, 0) is 20.8 Å². The van der Waals surface area contributed by atoms with Crippen LogP contribution >= 0.6 is 0 Å². The van der Waals surface area contributed by atoms with E-state index >= 15 is 0 Å². The van der Waals surface area contributed by atoms with Gasteiger partial charge in [0.2, 0.25) is 12.3 Å². The summed E-state index contributed by atoms with van der Waals surface area (Å²) in [6.45, 7) is 1.91. The number of nitrogens with zero attached hydrogens (tertiary/aromatic N) is 1. The van der Waals surface area contributed by atoms with Crippen LogP contribution in [0.4, 0.5) is 0 Å². The van der Waals surface area contributed by atoms with Gasteiger partial charge in [0.1, 0.15) is 12.3 Å². The Morgan fingerprint density at radius 2 is 2.00 bits per heavy atom. The van der Waals surface area contributed by atoms with Gasteiger partial charge in [0, 0.05) is 25.6 Å². The van der Waals surface area contributed by atoms with Crippen molar-refractivity contribution >= 4 is 24.5 Å². The number of unbranched alkanes of at least 4 members (excludes halogenated alkanes) is 1. The van der Waals surface area contributed by atoms with Gasteiger partial charge in [-0.2, -0.15) is 0 Å². The van der Waals surface area contributed by atoms with Crippen LogP contribution in [0.2, 0.25) is 0 Å². The van der Waals surface area contributed by atoms with Gasteiger partial charge in [-0.3, -0.25) is 19.3 Å². The Labute approximate surface area is 153 Å². The van der Waals surface area contributed by atoms with Crippen LogP contribution < -0.4 is 5.32 Å². The van der Waals surface area contributed by atoms with Crippen LogP contribution in [0.15, 0.2) is 18.2 Å². The predicted molar refractivity (Wildman–Crippen MR) is 96.6 cm³/mol. The van der Waals surface area contributed by atoms with E-state index in [1.165, 1.54) is 7.05 Å². The summed E-state index contributed by atoms with van der Waals surface area (Å²) in [5, 5.41) is 11.3. The summed E-state index contributed by atoms with van der Waals surface area (Å²) in [6.07, 6.45) is 3.46. The number of hydrogen-bond donors (Lipinski definition) is 2. The first kappa shape index (κ1) is 21.5. The third-order valence-corrected chi connectivity index (χ3v) is 4.19. The van der Waals surface area contributed by atoms with Crippen molar-refractivity contribution in [3.63, 3.8) is 0 Å². The molecule has 0 radical (unpaired) electrons. The van der Waals surface area contributed by atoms with Crippen molar-refractivity contribution in [2.45, 2.75) is 45.1 Å². The summed E-state index contributed by atoms with van der Waals surface area (Å²) in [6, 6.07) is 4.29. The lowest BCUT2D eigenvalue weighted by molar-refractivity contribution is -0.131. The summed E-state index contributed by atoms with van der Waals surface area (Å²) in [5.74, 6) is -1.07. The molecule has 2 N–H and O–H groups in total. The number of likely N-dealkylation sites (N-methyl/N-ethyl adjacent to an activating group) is 1. The molecule has 0 bridgehead atoms. The highest BCUT2D eigenvalue weighted by Gasteiger charge is 2.30. The van der Waals surface area contributed by atoms with Crippen LogP contribution in [0, 0.1) is 6.92 Å². The molecule has 1 aromatic rings. The van der Waals surface area contributed by atoms with Crippen molar-refractivity contribution in [2.24, 2.45) is 0 Å². The fourth-order valence-corrected chi connectivity index (χ4v) is 2.75. The van der Waals surface area contributed by atoms with Gasteiger partial charge in [0.05, 0.1) is 0 Å². The van der Waals surface area contributed by atoms with Crippen molar-refractivity contribution in [3.05, 3.63) is 34.9 Å². The van der Waals surface area contributed by atoms with Crippen molar-refractivity contribution in [2.75, 3.05) is 13.7 Å². The third-order valence-electron chi connectivity index (χ3n) is 4.19. The average Bonchev–Trinajstić information content (AvgIpc) is 2.64. The second kappa shape index (κ2) is 11.1. The van der Waals surface area contributed by atoms with E-state index < -0.39 is 17.9 Å². The number of nitrogens with one attached hydrogen (secondary N) is 1. The van der Waals surface area contributed by atoms with Crippen LogP contribution in [0.25, 0.3) is 0 Å². The number of amides is 3. The van der Waals surface area contributed by atoms with Crippen LogP contribution in [0.3, 0.4) is 0 Å². The fourth-order valence-electron chi connectivity index (χ4n) is 2.75. The summed E-state index contributed by atoms with van der Waals surface area (Å²) >= 11 is 0. The number of rotatable bonds is 11. The lowest BCUT2D eigenvalue weighted by Crippen LogP contribution is -2.48. The summed E-state index contributed by atoms with van der Waals surface area (Å²) in [4.78, 5) is 47.8. The van der Waals surface area contributed by atoms with Gasteiger partial charge in [-0.05, 0) is 49.8 Å². The number of aliphatic hydroxyl groups excluding tert-OH is 1. The van der Waals surface area contributed by atoms with E-state index in [9.17, 15) is 19.2 Å². The second-order valence-electron chi connectivity index (χ2n) is 6.02. The van der Waals surface area contributed by atoms with E-state index in [0.29, 0.717) is 30.2 Å². The molecule has 1 atom stereocenters. The molecule has 0 heterocycles. The van der Waals surface area contributed by atoms with Crippen molar-refractivity contribution in [1.82, 2.24) is 10.2 Å². The molecule has 7 heteroatoms. The number of imide groups is 1. The lowest BCUT2D eigenvalue weighted by atomic mass is 10.00. The number of aldehydes is 1. The molecule has 142 valence electrons. The largest absolute Gasteiger partial charge is 0.396 e. The fraction of sp³-hybridized carbons (Fsp3) is 0.474. The highest BCUT2D eigenvalue weighted by atomic mass is 16.3. The normalized spacial score (nSPS) is 11.5. The van der Waals surface area contributed by atoms with Gasteiger partial charge >= 0.3 is 0 Å². The lowest BCUT2D eigenvalue weighted by Gasteiger charge is -2.25. The van der Waals surface area contributed by atoms with Crippen LogP contribution in [-0.4, -0.2) is 54.2 Å². The topological polar surface area (TPSA) is 104 Å². The Hall–Kier alpha value is -2.54. The standard InChI is InChI=1S/C19H26N2O5/c1-14-12-15(6-3-4-10-22)8-9-16(14)19(26)21(13-24)17(7-5-11-23)18(25)20-2/h8-9,11-13,17,22H,3-7,10H2,1-2H3,(H,20,25). The number of aryl methyl sites for hydroxylation is 2. The number of benzene rings is 1. The van der Waals surface area contributed by atoms with Gasteiger partial charge in [0.25, 0.3) is 5.91 Å². The predicted octanol–water partition coefficient (Wildman–Crippen LogP) is 1.00. The number of aliphatic hydroxyl groups is 1. The molecule has 0 saturated carbocycles. The maximum atomic E-state index is 12.8. The smallest absolute Gasteiger partial charge is 0.261 e. The zero-order chi connectivity index (χ0) is 19.5. The minimum Gasteiger partial charge on any atom is -0.396 e. The molecular weight excluding hydrogens is 336 g/mol. The van der Waals surface area contributed by atoms with E-state index in [1.807, 2.05) is 6.07 Å². The molecule has 0 aliphatic rings. The van der Waals surface area contributed by atoms with E-state index in [2.05, 4.69) is 5.32 Å². The van der Waals surface area contributed by atoms with Gasteiger partial charge in [0.15, 0.2) is 0 Å². The number of hydrogen-bond acceptors (Lipinski definition) is 5. The van der Waals surface area contributed by atoms with Gasteiger partial charge < -0.3 is 15.2 Å². The van der Waals surface area contributed by atoms with Gasteiger partial charge in [-0.15, -0.1) is 0 Å². The summed E-state index contributed by atoms with van der Waals surface area (Å²) in [5.41, 5.74) is 2.08. The van der Waals surface area contributed by atoms with E-state index in [0.717, 1.165) is 23.3 Å². The highest BCUT2D eigenvalue weighted by molar-refractivity contribution is 6.04. The van der Waals surface area contributed by atoms with E-state index in [-0.39, 0.29) is 19.4 Å². The molecule has 7 nitrogen and oxygen atoms in total. The maximum Gasteiger partial charge on any atom is 0.261 e. The molecule has 1 rings (SSSR count). The van der Waals surface area contributed by atoms with Crippen molar-refractivity contribution in [1.29, 1.82) is 0 Å². The molecule has 0 spiro atoms. The Bertz CT molecular complexity index is 645. The molecule has 0 aliphatic heterocycles. The minimum atomic E-state index is -1.03. The first-order valence-electron chi connectivity index (χ1n) is 8.63. The van der Waals surface area contributed by atoms with E-state index in [4.69, 9.17) is 5.11 Å².